The minimum atomic E-state index is -4.46. The molecule has 0 aliphatic heterocycles. The molecular formula is C15H19Cl2F3N6O. The maximum absolute atomic E-state index is 12.6. The van der Waals surface area contributed by atoms with E-state index >= 15 is 0 Å². The molecule has 12 heteroatoms. The molecule has 2 heterocycles. The Morgan fingerprint density at radius 3 is 2.48 bits per heavy atom. The summed E-state index contributed by atoms with van der Waals surface area (Å²) in [7, 11) is 0. The summed E-state index contributed by atoms with van der Waals surface area (Å²) in [5.74, 6) is 0.0365. The highest BCUT2D eigenvalue weighted by Crippen LogP contribution is 2.39. The second-order valence-corrected chi connectivity index (χ2v) is 6.30. The van der Waals surface area contributed by atoms with Crippen molar-refractivity contribution in [1.29, 1.82) is 0 Å². The number of alkyl halides is 3. The minimum Gasteiger partial charge on any atom is -0.344 e. The number of amides is 1. The van der Waals surface area contributed by atoms with Gasteiger partial charge in [-0.15, -0.1) is 29.9 Å². The van der Waals surface area contributed by atoms with Crippen LogP contribution in [0.1, 0.15) is 35.8 Å². The van der Waals surface area contributed by atoms with Crippen molar-refractivity contribution in [3.05, 3.63) is 35.8 Å². The van der Waals surface area contributed by atoms with E-state index in [0.29, 0.717) is 18.7 Å². The fourth-order valence-electron chi connectivity index (χ4n) is 2.53. The summed E-state index contributed by atoms with van der Waals surface area (Å²) in [6.45, 7) is 2.18. The normalized spacial score (nSPS) is 15.9. The number of carbonyl (C=O) groups excluding carboxylic acids is 1. The molecular weight excluding hydrogens is 408 g/mol. The second-order valence-electron chi connectivity index (χ2n) is 6.30. The Labute approximate surface area is 165 Å². The Morgan fingerprint density at radius 1 is 1.33 bits per heavy atom. The quantitative estimate of drug-likeness (QED) is 0.764. The lowest BCUT2D eigenvalue weighted by Gasteiger charge is -2.28. The van der Waals surface area contributed by atoms with Crippen LogP contribution in [-0.2, 0) is 6.18 Å². The molecule has 0 bridgehead atoms. The van der Waals surface area contributed by atoms with Crippen LogP contribution in [0.2, 0.25) is 0 Å². The van der Waals surface area contributed by atoms with E-state index in [1.165, 1.54) is 6.20 Å². The first kappa shape index (κ1) is 23.1. The first-order valence-electron chi connectivity index (χ1n) is 7.71. The van der Waals surface area contributed by atoms with Crippen LogP contribution in [0, 0.1) is 5.92 Å². The number of rotatable bonds is 5. The highest BCUT2D eigenvalue weighted by molar-refractivity contribution is 5.92. The van der Waals surface area contributed by atoms with Crippen molar-refractivity contribution in [2.45, 2.75) is 31.5 Å². The van der Waals surface area contributed by atoms with Gasteiger partial charge in [0.25, 0.3) is 5.91 Å². The number of nitrogens with two attached hydrogens (primary N) is 1. The van der Waals surface area contributed by atoms with Gasteiger partial charge in [0.05, 0.1) is 17.3 Å². The largest absolute Gasteiger partial charge is 0.417 e. The van der Waals surface area contributed by atoms with E-state index in [-0.39, 0.29) is 36.3 Å². The zero-order chi connectivity index (χ0) is 18.2. The number of nitrogens with one attached hydrogen (secondary N) is 1. The maximum Gasteiger partial charge on any atom is 0.417 e. The third-order valence-electron chi connectivity index (χ3n) is 4.34. The van der Waals surface area contributed by atoms with Crippen molar-refractivity contribution in [1.82, 2.24) is 25.3 Å². The van der Waals surface area contributed by atoms with Gasteiger partial charge < -0.3 is 11.1 Å². The van der Waals surface area contributed by atoms with Crippen molar-refractivity contribution < 1.29 is 18.0 Å². The summed E-state index contributed by atoms with van der Waals surface area (Å²) < 4.78 is 38.8. The van der Waals surface area contributed by atoms with Crippen molar-refractivity contribution in [3.8, 4) is 5.82 Å². The topological polar surface area (TPSA) is 98.7 Å². The Balaban J connectivity index is 0.00000182. The molecule has 1 saturated carbocycles. The molecule has 1 amide bonds. The van der Waals surface area contributed by atoms with Gasteiger partial charge in [-0.2, -0.15) is 13.2 Å². The number of hydrogen-bond donors (Lipinski definition) is 2. The molecule has 0 aromatic carbocycles. The van der Waals surface area contributed by atoms with E-state index in [4.69, 9.17) is 5.73 Å². The molecule has 1 aliphatic carbocycles. The van der Waals surface area contributed by atoms with Crippen molar-refractivity contribution in [2.24, 2.45) is 11.7 Å². The molecule has 3 N–H and O–H groups in total. The highest BCUT2D eigenvalue weighted by atomic mass is 35.5. The first-order valence-corrected chi connectivity index (χ1v) is 7.71. The van der Waals surface area contributed by atoms with Crippen LogP contribution in [0.3, 0.4) is 0 Å². The molecule has 150 valence electrons. The van der Waals surface area contributed by atoms with E-state index in [1.54, 1.807) is 0 Å². The van der Waals surface area contributed by atoms with Crippen LogP contribution in [0.25, 0.3) is 5.82 Å². The zero-order valence-electron chi connectivity index (χ0n) is 14.2. The molecule has 3 rings (SSSR count). The van der Waals surface area contributed by atoms with Gasteiger partial charge in [0.2, 0.25) is 0 Å². The molecule has 2 aromatic rings. The van der Waals surface area contributed by atoms with E-state index in [2.05, 4.69) is 20.6 Å². The molecule has 0 saturated heterocycles. The molecule has 0 radical (unpaired) electrons. The lowest BCUT2D eigenvalue weighted by atomic mass is 9.96. The predicted molar refractivity (Wildman–Crippen MR) is 96.3 cm³/mol. The molecule has 1 aliphatic rings. The van der Waals surface area contributed by atoms with Crippen LogP contribution in [0.5, 0.6) is 0 Å². The van der Waals surface area contributed by atoms with E-state index in [0.717, 1.165) is 29.7 Å². The average Bonchev–Trinajstić information content (AvgIpc) is 3.32. The number of hydrogen-bond acceptors (Lipinski definition) is 5. The maximum atomic E-state index is 12.6. The van der Waals surface area contributed by atoms with Crippen molar-refractivity contribution in [3.63, 3.8) is 0 Å². The molecule has 1 unspecified atom stereocenters. The third kappa shape index (κ3) is 5.08. The summed E-state index contributed by atoms with van der Waals surface area (Å²) in [6, 6.07) is 2.05. The van der Waals surface area contributed by atoms with E-state index < -0.39 is 23.2 Å². The summed E-state index contributed by atoms with van der Waals surface area (Å²) in [4.78, 5) is 16.0. The van der Waals surface area contributed by atoms with Gasteiger partial charge in [-0.25, -0.2) is 9.67 Å². The van der Waals surface area contributed by atoms with Gasteiger partial charge in [-0.3, -0.25) is 4.79 Å². The smallest absolute Gasteiger partial charge is 0.344 e. The molecule has 0 spiro atoms. The van der Waals surface area contributed by atoms with Gasteiger partial charge in [0.15, 0.2) is 11.5 Å². The fraction of sp³-hybridized carbons (Fsp3) is 0.467. The minimum absolute atomic E-state index is 0. The van der Waals surface area contributed by atoms with Crippen molar-refractivity contribution in [2.75, 3.05) is 6.54 Å². The highest BCUT2D eigenvalue weighted by Gasteiger charge is 2.42. The van der Waals surface area contributed by atoms with Gasteiger partial charge >= 0.3 is 6.18 Å². The fourth-order valence-corrected chi connectivity index (χ4v) is 2.53. The zero-order valence-corrected chi connectivity index (χ0v) is 15.9. The van der Waals surface area contributed by atoms with Gasteiger partial charge in [-0.05, 0) is 37.8 Å². The standard InChI is InChI=1S/C15H17F3N6O.2ClH/c1-14(8-19,9-2-3-9)21-13(25)11-7-24(23-22-11)12-5-4-10(6-20-12)15(16,17)18;;/h4-7,9H,2-3,8,19H2,1H3,(H,21,25);2*1H. The first-order chi connectivity index (χ1) is 11.7. The third-order valence-corrected chi connectivity index (χ3v) is 4.34. The number of aromatic nitrogens is 4. The molecule has 2 aromatic heterocycles. The summed E-state index contributed by atoms with van der Waals surface area (Å²) in [5, 5.41) is 10.4. The number of nitrogens with zero attached hydrogens (tertiary/aromatic N) is 4. The summed E-state index contributed by atoms with van der Waals surface area (Å²) >= 11 is 0. The van der Waals surface area contributed by atoms with Crippen LogP contribution < -0.4 is 11.1 Å². The Kier molecular flexibility index (Phi) is 7.20. The predicted octanol–water partition coefficient (Wildman–Crippen LogP) is 2.38. The SMILES string of the molecule is CC(CN)(NC(=O)c1cn(-c2ccc(C(F)(F)F)cn2)nn1)C1CC1.Cl.Cl. The molecule has 1 fully saturated rings. The van der Waals surface area contributed by atoms with Crippen LogP contribution in [0.4, 0.5) is 13.2 Å². The van der Waals surface area contributed by atoms with Gasteiger partial charge in [0, 0.05) is 12.7 Å². The Morgan fingerprint density at radius 2 is 2.00 bits per heavy atom. The van der Waals surface area contributed by atoms with Crippen molar-refractivity contribution >= 4 is 30.7 Å². The van der Waals surface area contributed by atoms with Crippen LogP contribution in [0.15, 0.2) is 24.5 Å². The van der Waals surface area contributed by atoms with Gasteiger partial charge in [0.1, 0.15) is 0 Å². The number of halogens is 5. The summed E-state index contributed by atoms with van der Waals surface area (Å²) in [5.41, 5.74) is 4.44. The molecule has 7 nitrogen and oxygen atoms in total. The van der Waals surface area contributed by atoms with Gasteiger partial charge in [-0.1, -0.05) is 5.21 Å². The molecule has 1 atom stereocenters. The number of carbonyl (C=O) groups is 1. The lowest BCUT2D eigenvalue weighted by Crippen LogP contribution is -2.53. The Hall–Kier alpha value is -1.91. The van der Waals surface area contributed by atoms with E-state index in [1.807, 2.05) is 6.92 Å². The molecule has 27 heavy (non-hydrogen) atoms. The monoisotopic (exact) mass is 426 g/mol. The second kappa shape index (κ2) is 8.41. The lowest BCUT2D eigenvalue weighted by molar-refractivity contribution is -0.137. The average molecular weight is 427 g/mol. The number of pyridine rings is 1. The van der Waals surface area contributed by atoms with E-state index in [9.17, 15) is 18.0 Å². The van der Waals surface area contributed by atoms with Crippen LogP contribution >= 0.6 is 24.8 Å². The van der Waals surface area contributed by atoms with Crippen LogP contribution in [-0.4, -0.2) is 38.0 Å². The Bertz CT molecular complexity index is 779. The summed E-state index contributed by atoms with van der Waals surface area (Å²) in [6.07, 6.45) is -0.426.